The Bertz CT molecular complexity index is 719. The summed E-state index contributed by atoms with van der Waals surface area (Å²) in [5.74, 6) is 0.564. The number of aromatic nitrogens is 1. The number of fused-ring (bicyclic) bond motifs is 1. The topological polar surface area (TPSA) is 52.9 Å². The van der Waals surface area contributed by atoms with E-state index >= 15 is 0 Å². The van der Waals surface area contributed by atoms with Crippen LogP contribution in [-0.2, 0) is 21.3 Å². The highest BCUT2D eigenvalue weighted by molar-refractivity contribution is 5.91. The minimum Gasteiger partial charge on any atom is -0.497 e. The molecule has 1 aliphatic heterocycles. The number of hydrogen-bond donors (Lipinski definition) is 0. The van der Waals surface area contributed by atoms with Crippen LogP contribution in [0.25, 0.3) is 10.9 Å². The first kappa shape index (κ1) is 16.8. The van der Waals surface area contributed by atoms with E-state index < -0.39 is 6.04 Å². The first-order valence-corrected chi connectivity index (χ1v) is 8.27. The molecule has 2 heterocycles. The Morgan fingerprint density at radius 3 is 2.75 bits per heavy atom. The molecule has 0 aliphatic carbocycles. The minimum absolute atomic E-state index is 0.213. The molecule has 0 radical (unpaired) electrons. The molecule has 0 spiro atoms. The number of carbonyl (C=O) groups is 1. The van der Waals surface area contributed by atoms with E-state index in [-0.39, 0.29) is 5.97 Å². The lowest BCUT2D eigenvalue weighted by molar-refractivity contribution is -0.151. The van der Waals surface area contributed by atoms with E-state index in [4.69, 9.17) is 14.2 Å². The molecule has 0 N–H and O–H groups in total. The number of methoxy groups -OCH3 is 1. The molecule has 6 heteroatoms. The molecule has 1 aromatic carbocycles. The maximum absolute atomic E-state index is 12.7. The lowest BCUT2D eigenvalue weighted by Gasteiger charge is -2.32. The van der Waals surface area contributed by atoms with E-state index in [9.17, 15) is 4.79 Å². The Labute approximate surface area is 141 Å². The van der Waals surface area contributed by atoms with Gasteiger partial charge in [-0.1, -0.05) is 0 Å². The summed E-state index contributed by atoms with van der Waals surface area (Å²) in [6, 6.07) is 5.50. The van der Waals surface area contributed by atoms with Crippen LogP contribution in [0.15, 0.2) is 24.4 Å². The molecule has 1 aromatic heterocycles. The van der Waals surface area contributed by atoms with Crippen molar-refractivity contribution in [2.75, 3.05) is 40.0 Å². The van der Waals surface area contributed by atoms with Gasteiger partial charge in [0.25, 0.3) is 0 Å². The van der Waals surface area contributed by atoms with E-state index in [1.165, 1.54) is 0 Å². The molecule has 1 fully saturated rings. The molecule has 0 amide bonds. The van der Waals surface area contributed by atoms with Gasteiger partial charge in [0.1, 0.15) is 11.8 Å². The zero-order valence-electron chi connectivity index (χ0n) is 14.4. The average molecular weight is 332 g/mol. The number of aryl methyl sites for hydroxylation is 1. The first-order valence-electron chi connectivity index (χ1n) is 8.27. The van der Waals surface area contributed by atoms with Crippen molar-refractivity contribution in [1.82, 2.24) is 9.47 Å². The van der Waals surface area contributed by atoms with Crippen LogP contribution in [0.4, 0.5) is 0 Å². The maximum atomic E-state index is 12.7. The van der Waals surface area contributed by atoms with Gasteiger partial charge in [0.15, 0.2) is 0 Å². The summed E-state index contributed by atoms with van der Waals surface area (Å²) in [5.41, 5.74) is 2.01. The van der Waals surface area contributed by atoms with Crippen molar-refractivity contribution >= 4 is 16.9 Å². The third kappa shape index (κ3) is 3.12. The van der Waals surface area contributed by atoms with Crippen molar-refractivity contribution in [3.8, 4) is 5.75 Å². The Morgan fingerprint density at radius 1 is 1.33 bits per heavy atom. The SMILES string of the molecule is CCOC(=O)C(c1cn(C)c2ccc(OC)cc12)N1CCOCC1. The van der Waals surface area contributed by atoms with Crippen molar-refractivity contribution in [2.45, 2.75) is 13.0 Å². The average Bonchev–Trinajstić information content (AvgIpc) is 2.92. The van der Waals surface area contributed by atoms with E-state index in [0.29, 0.717) is 32.9 Å². The lowest BCUT2D eigenvalue weighted by atomic mass is 10.0. The number of hydrogen-bond acceptors (Lipinski definition) is 5. The Hall–Kier alpha value is -2.05. The van der Waals surface area contributed by atoms with Gasteiger partial charge in [-0.15, -0.1) is 0 Å². The number of nitrogens with zero attached hydrogens (tertiary/aromatic N) is 2. The van der Waals surface area contributed by atoms with E-state index in [1.54, 1.807) is 7.11 Å². The van der Waals surface area contributed by atoms with E-state index in [2.05, 4.69) is 4.90 Å². The van der Waals surface area contributed by atoms with Crippen molar-refractivity contribution in [3.05, 3.63) is 30.0 Å². The Kier molecular flexibility index (Phi) is 5.06. The van der Waals surface area contributed by atoms with Crippen LogP contribution in [0.2, 0.25) is 0 Å². The van der Waals surface area contributed by atoms with Crippen molar-refractivity contribution < 1.29 is 19.0 Å². The van der Waals surface area contributed by atoms with Crippen LogP contribution in [-0.4, -0.2) is 55.5 Å². The van der Waals surface area contributed by atoms with Crippen LogP contribution in [0.3, 0.4) is 0 Å². The highest BCUT2D eigenvalue weighted by Crippen LogP contribution is 2.33. The molecule has 130 valence electrons. The second-order valence-electron chi connectivity index (χ2n) is 5.88. The lowest BCUT2D eigenvalue weighted by Crippen LogP contribution is -2.42. The van der Waals surface area contributed by atoms with Gasteiger partial charge in [-0.05, 0) is 25.1 Å². The van der Waals surface area contributed by atoms with Gasteiger partial charge >= 0.3 is 5.97 Å². The van der Waals surface area contributed by atoms with Gasteiger partial charge in [0, 0.05) is 42.8 Å². The predicted octanol–water partition coefficient (Wildman–Crippen LogP) is 2.12. The fourth-order valence-corrected chi connectivity index (χ4v) is 3.28. The molecule has 1 saturated heterocycles. The number of esters is 1. The van der Waals surface area contributed by atoms with Crippen LogP contribution in [0, 0.1) is 0 Å². The minimum atomic E-state index is -0.426. The fraction of sp³-hybridized carbons (Fsp3) is 0.500. The van der Waals surface area contributed by atoms with Crippen molar-refractivity contribution in [3.63, 3.8) is 0 Å². The molecule has 6 nitrogen and oxygen atoms in total. The second-order valence-corrected chi connectivity index (χ2v) is 5.88. The quantitative estimate of drug-likeness (QED) is 0.785. The molecule has 1 unspecified atom stereocenters. The molecule has 24 heavy (non-hydrogen) atoms. The van der Waals surface area contributed by atoms with Crippen molar-refractivity contribution in [1.29, 1.82) is 0 Å². The predicted molar refractivity (Wildman–Crippen MR) is 91.2 cm³/mol. The number of carbonyl (C=O) groups excluding carboxylic acids is 1. The summed E-state index contributed by atoms with van der Waals surface area (Å²) in [6.45, 7) is 4.88. The molecule has 1 aliphatic rings. The smallest absolute Gasteiger partial charge is 0.328 e. The standard InChI is InChI=1S/C18H24N2O4/c1-4-24-18(21)17(20-7-9-23-10-8-20)15-12-19(2)16-6-5-13(22-3)11-14(15)16/h5-6,11-12,17H,4,7-10H2,1-3H3. The molecule has 0 saturated carbocycles. The molecule has 0 bridgehead atoms. The zero-order valence-corrected chi connectivity index (χ0v) is 14.4. The highest BCUT2D eigenvalue weighted by Gasteiger charge is 2.32. The number of ether oxygens (including phenoxy) is 3. The summed E-state index contributed by atoms with van der Waals surface area (Å²) in [6.07, 6.45) is 2.02. The molecular formula is C18H24N2O4. The first-order chi connectivity index (χ1) is 11.7. The Balaban J connectivity index is 2.08. The number of rotatable bonds is 5. The van der Waals surface area contributed by atoms with Gasteiger partial charge in [0.2, 0.25) is 0 Å². The van der Waals surface area contributed by atoms with Gasteiger partial charge in [0.05, 0.1) is 26.9 Å². The maximum Gasteiger partial charge on any atom is 0.328 e. The summed E-state index contributed by atoms with van der Waals surface area (Å²) in [5, 5.41) is 1.02. The van der Waals surface area contributed by atoms with Gasteiger partial charge in [-0.25, -0.2) is 4.79 Å². The molecular weight excluding hydrogens is 308 g/mol. The third-order valence-electron chi connectivity index (χ3n) is 4.44. The number of morpholine rings is 1. The normalized spacial score (nSPS) is 17.0. The molecule has 1 atom stereocenters. The molecule has 3 rings (SSSR count). The van der Waals surface area contributed by atoms with Crippen LogP contribution >= 0.6 is 0 Å². The van der Waals surface area contributed by atoms with Crippen LogP contribution < -0.4 is 4.74 Å². The highest BCUT2D eigenvalue weighted by atomic mass is 16.5. The van der Waals surface area contributed by atoms with Crippen LogP contribution in [0.1, 0.15) is 18.5 Å². The molecule has 2 aromatic rings. The zero-order chi connectivity index (χ0) is 17.1. The van der Waals surface area contributed by atoms with Gasteiger partial charge in [-0.2, -0.15) is 0 Å². The summed E-state index contributed by atoms with van der Waals surface area (Å²) < 4.78 is 18.2. The van der Waals surface area contributed by atoms with E-state index in [1.807, 2.05) is 42.9 Å². The van der Waals surface area contributed by atoms with Gasteiger partial charge in [-0.3, -0.25) is 4.90 Å². The second kappa shape index (κ2) is 7.23. The fourth-order valence-electron chi connectivity index (χ4n) is 3.28. The largest absolute Gasteiger partial charge is 0.497 e. The summed E-state index contributed by atoms with van der Waals surface area (Å²) >= 11 is 0. The van der Waals surface area contributed by atoms with Crippen molar-refractivity contribution in [2.24, 2.45) is 7.05 Å². The van der Waals surface area contributed by atoms with Gasteiger partial charge < -0.3 is 18.8 Å². The monoisotopic (exact) mass is 332 g/mol. The number of benzene rings is 1. The summed E-state index contributed by atoms with van der Waals surface area (Å²) in [4.78, 5) is 14.8. The van der Waals surface area contributed by atoms with E-state index in [0.717, 1.165) is 22.2 Å². The third-order valence-corrected chi connectivity index (χ3v) is 4.44. The summed E-state index contributed by atoms with van der Waals surface area (Å²) in [7, 11) is 3.63. The Morgan fingerprint density at radius 2 is 2.08 bits per heavy atom. The van der Waals surface area contributed by atoms with Crippen LogP contribution in [0.5, 0.6) is 5.75 Å².